The van der Waals surface area contributed by atoms with Crippen LogP contribution in [0, 0.1) is 13.8 Å². The number of hydrogen-bond acceptors (Lipinski definition) is 2. The third-order valence-electron chi connectivity index (χ3n) is 5.95. The number of hydrogen-bond donors (Lipinski definition) is 0. The zero-order chi connectivity index (χ0) is 21.7. The Morgan fingerprint density at radius 2 is 0.906 bits per heavy atom. The Labute approximate surface area is 186 Å². The Balaban J connectivity index is 1.63. The van der Waals surface area contributed by atoms with Gasteiger partial charge in [0.2, 0.25) is 0 Å². The molecule has 32 heavy (non-hydrogen) atoms. The molecule has 0 fully saturated rings. The SMILES string of the molecule is Cc1ccc(-c2nc(-c3nc(-c4ccc(C)cc4)c4ccccn34)n3ccccc23)cc1. The second kappa shape index (κ2) is 7.20. The Hall–Kier alpha value is -4.18. The van der Waals surface area contributed by atoms with Crippen molar-refractivity contribution in [3.8, 4) is 34.2 Å². The molecule has 0 N–H and O–H groups in total. The first-order valence-electron chi connectivity index (χ1n) is 10.8. The van der Waals surface area contributed by atoms with E-state index in [0.29, 0.717) is 0 Å². The number of rotatable bonds is 3. The van der Waals surface area contributed by atoms with Crippen molar-refractivity contribution in [1.82, 2.24) is 18.8 Å². The van der Waals surface area contributed by atoms with E-state index in [1.54, 1.807) is 0 Å². The number of aryl methyl sites for hydroxylation is 2. The smallest absolute Gasteiger partial charge is 0.182 e. The highest BCUT2D eigenvalue weighted by atomic mass is 15.1. The van der Waals surface area contributed by atoms with Gasteiger partial charge in [-0.3, -0.25) is 8.80 Å². The van der Waals surface area contributed by atoms with Crippen LogP contribution in [0.5, 0.6) is 0 Å². The molecule has 0 atom stereocenters. The van der Waals surface area contributed by atoms with Crippen molar-refractivity contribution in [2.24, 2.45) is 0 Å². The van der Waals surface area contributed by atoms with Gasteiger partial charge in [0.1, 0.15) is 0 Å². The Morgan fingerprint density at radius 3 is 1.31 bits per heavy atom. The molecule has 4 aromatic heterocycles. The summed E-state index contributed by atoms with van der Waals surface area (Å²) in [6, 6.07) is 29.5. The minimum absolute atomic E-state index is 0.829. The largest absolute Gasteiger partial charge is 0.297 e. The van der Waals surface area contributed by atoms with E-state index in [0.717, 1.165) is 45.2 Å². The molecule has 4 heterocycles. The molecule has 0 aliphatic rings. The molecule has 2 aromatic carbocycles. The monoisotopic (exact) mass is 414 g/mol. The lowest BCUT2D eigenvalue weighted by molar-refractivity contribution is 1.07. The fourth-order valence-corrected chi connectivity index (χ4v) is 4.24. The van der Waals surface area contributed by atoms with Crippen molar-refractivity contribution in [1.29, 1.82) is 0 Å². The maximum atomic E-state index is 5.11. The highest BCUT2D eigenvalue weighted by Gasteiger charge is 2.20. The average Bonchev–Trinajstić information content (AvgIpc) is 3.39. The summed E-state index contributed by atoms with van der Waals surface area (Å²) in [5.41, 5.74) is 8.73. The molecule has 4 nitrogen and oxygen atoms in total. The van der Waals surface area contributed by atoms with E-state index in [9.17, 15) is 0 Å². The number of pyridine rings is 2. The average molecular weight is 415 g/mol. The van der Waals surface area contributed by atoms with Crippen LogP contribution in [0.1, 0.15) is 11.1 Å². The summed E-state index contributed by atoms with van der Waals surface area (Å²) in [6.07, 6.45) is 4.12. The van der Waals surface area contributed by atoms with Crippen LogP contribution in [-0.4, -0.2) is 18.8 Å². The summed E-state index contributed by atoms with van der Waals surface area (Å²) in [6.45, 7) is 4.20. The van der Waals surface area contributed by atoms with Gasteiger partial charge in [-0.15, -0.1) is 0 Å². The fraction of sp³-hybridized carbons (Fsp3) is 0.0714. The predicted molar refractivity (Wildman–Crippen MR) is 130 cm³/mol. The maximum Gasteiger partial charge on any atom is 0.182 e. The Kier molecular flexibility index (Phi) is 4.18. The summed E-state index contributed by atoms with van der Waals surface area (Å²) in [7, 11) is 0. The van der Waals surface area contributed by atoms with Crippen molar-refractivity contribution < 1.29 is 0 Å². The number of nitrogens with zero attached hydrogens (tertiary/aromatic N) is 4. The van der Waals surface area contributed by atoms with E-state index < -0.39 is 0 Å². The quantitative estimate of drug-likeness (QED) is 0.327. The van der Waals surface area contributed by atoms with Crippen molar-refractivity contribution in [2.75, 3.05) is 0 Å². The Morgan fingerprint density at radius 1 is 0.500 bits per heavy atom. The molecule has 0 radical (unpaired) electrons. The van der Waals surface area contributed by atoms with E-state index in [1.807, 2.05) is 12.1 Å². The topological polar surface area (TPSA) is 34.6 Å². The maximum absolute atomic E-state index is 5.11. The van der Waals surface area contributed by atoms with Crippen LogP contribution in [-0.2, 0) is 0 Å². The lowest BCUT2D eigenvalue weighted by Crippen LogP contribution is -1.94. The predicted octanol–water partition coefficient (Wildman–Crippen LogP) is 6.60. The van der Waals surface area contributed by atoms with Gasteiger partial charge in [0, 0.05) is 23.5 Å². The Bertz CT molecular complexity index is 1450. The highest BCUT2D eigenvalue weighted by molar-refractivity contribution is 5.84. The normalized spacial score (nSPS) is 11.4. The molecule has 6 rings (SSSR count). The first kappa shape index (κ1) is 18.6. The van der Waals surface area contributed by atoms with Crippen LogP contribution in [0.4, 0.5) is 0 Å². The molecule has 0 spiro atoms. The number of aromatic nitrogens is 4. The standard InChI is InChI=1S/C28H22N4/c1-19-9-13-21(14-10-19)25-23-7-3-5-17-31(23)27(29-25)28-30-26(22-15-11-20(2)12-16-22)24-8-4-6-18-32(24)28/h3-18H,1-2H3. The van der Waals surface area contributed by atoms with Crippen LogP contribution < -0.4 is 0 Å². The van der Waals surface area contributed by atoms with Crippen LogP contribution in [0.2, 0.25) is 0 Å². The van der Waals surface area contributed by atoms with Crippen molar-refractivity contribution in [3.05, 3.63) is 108 Å². The number of benzene rings is 2. The summed E-state index contributed by atoms with van der Waals surface area (Å²) in [5.74, 6) is 1.66. The summed E-state index contributed by atoms with van der Waals surface area (Å²) in [4.78, 5) is 10.2. The molecule has 6 aromatic rings. The third-order valence-corrected chi connectivity index (χ3v) is 5.95. The van der Waals surface area contributed by atoms with Crippen LogP contribution in [0.3, 0.4) is 0 Å². The second-order valence-corrected chi connectivity index (χ2v) is 8.21. The molecule has 154 valence electrons. The van der Waals surface area contributed by atoms with Gasteiger partial charge in [0.15, 0.2) is 11.6 Å². The van der Waals surface area contributed by atoms with Gasteiger partial charge in [0.05, 0.1) is 22.4 Å². The van der Waals surface area contributed by atoms with E-state index in [4.69, 9.17) is 9.97 Å². The highest BCUT2D eigenvalue weighted by Crippen LogP contribution is 2.33. The molecular formula is C28H22N4. The molecule has 0 saturated carbocycles. The molecular weight excluding hydrogens is 392 g/mol. The zero-order valence-corrected chi connectivity index (χ0v) is 18.0. The lowest BCUT2D eigenvalue weighted by atomic mass is 10.1. The van der Waals surface area contributed by atoms with Crippen molar-refractivity contribution >= 4 is 11.0 Å². The van der Waals surface area contributed by atoms with E-state index in [1.165, 1.54) is 11.1 Å². The van der Waals surface area contributed by atoms with Gasteiger partial charge < -0.3 is 0 Å². The van der Waals surface area contributed by atoms with Gasteiger partial charge in [-0.05, 0) is 38.1 Å². The van der Waals surface area contributed by atoms with Crippen molar-refractivity contribution in [2.45, 2.75) is 13.8 Å². The number of fused-ring (bicyclic) bond motifs is 2. The van der Waals surface area contributed by atoms with Crippen molar-refractivity contribution in [3.63, 3.8) is 0 Å². The van der Waals surface area contributed by atoms with Gasteiger partial charge in [0.25, 0.3) is 0 Å². The molecule has 0 aliphatic carbocycles. The number of imidazole rings is 2. The molecule has 0 aliphatic heterocycles. The van der Waals surface area contributed by atoms with E-state index in [2.05, 4.69) is 108 Å². The van der Waals surface area contributed by atoms with Crippen LogP contribution >= 0.6 is 0 Å². The zero-order valence-electron chi connectivity index (χ0n) is 18.0. The lowest BCUT2D eigenvalue weighted by Gasteiger charge is -2.01. The summed E-state index contributed by atoms with van der Waals surface area (Å²) < 4.78 is 4.27. The van der Waals surface area contributed by atoms with Gasteiger partial charge in [-0.25, -0.2) is 9.97 Å². The molecule has 0 bridgehead atoms. The first-order valence-corrected chi connectivity index (χ1v) is 10.8. The summed E-state index contributed by atoms with van der Waals surface area (Å²) in [5, 5.41) is 0. The molecule has 0 amide bonds. The van der Waals surface area contributed by atoms with Gasteiger partial charge >= 0.3 is 0 Å². The molecule has 0 saturated heterocycles. The minimum Gasteiger partial charge on any atom is -0.297 e. The molecule has 4 heteroatoms. The van der Waals surface area contributed by atoms with E-state index in [-0.39, 0.29) is 0 Å². The fourth-order valence-electron chi connectivity index (χ4n) is 4.24. The molecule has 0 unspecified atom stereocenters. The van der Waals surface area contributed by atoms with Gasteiger partial charge in [-0.1, -0.05) is 71.8 Å². The van der Waals surface area contributed by atoms with Crippen LogP contribution in [0.15, 0.2) is 97.3 Å². The van der Waals surface area contributed by atoms with E-state index >= 15 is 0 Å². The van der Waals surface area contributed by atoms with Crippen LogP contribution in [0.25, 0.3) is 45.2 Å². The summed E-state index contributed by atoms with van der Waals surface area (Å²) >= 11 is 0. The second-order valence-electron chi connectivity index (χ2n) is 8.21. The minimum atomic E-state index is 0.829. The third kappa shape index (κ3) is 2.92. The van der Waals surface area contributed by atoms with Gasteiger partial charge in [-0.2, -0.15) is 0 Å². The first-order chi connectivity index (χ1) is 15.7.